The number of nitrogens with zero attached hydrogens (tertiary/aromatic N) is 4. The first-order valence-corrected chi connectivity index (χ1v) is 21.7. The van der Waals surface area contributed by atoms with Gasteiger partial charge in [0.2, 0.25) is 0 Å². The summed E-state index contributed by atoms with van der Waals surface area (Å²) in [5.74, 6) is 0. The molecule has 7 aromatic rings. The molecule has 2 aliphatic heterocycles. The average Bonchev–Trinajstić information content (AvgIpc) is 3.57. The van der Waals surface area contributed by atoms with Crippen LogP contribution in [0, 0.1) is 13.8 Å². The van der Waals surface area contributed by atoms with Crippen LogP contribution < -0.4 is 9.80 Å². The third-order valence-corrected chi connectivity index (χ3v) is 16.0. The maximum Gasteiger partial charge on any atom is 0.0517 e. The number of fused-ring (bicyclic) bond motifs is 8. The Labute approximate surface area is 344 Å². The van der Waals surface area contributed by atoms with Crippen molar-refractivity contribution in [2.24, 2.45) is 0 Å². The van der Waals surface area contributed by atoms with Crippen molar-refractivity contribution in [3.05, 3.63) is 144 Å². The molecule has 290 valence electrons. The topological polar surface area (TPSA) is 32.3 Å². The van der Waals surface area contributed by atoms with Gasteiger partial charge in [0.25, 0.3) is 0 Å². The van der Waals surface area contributed by atoms with Crippen LogP contribution in [0.15, 0.2) is 122 Å². The minimum atomic E-state index is -0.0155. The zero-order chi connectivity index (χ0) is 39.6. The van der Waals surface area contributed by atoms with Crippen molar-refractivity contribution in [2.45, 2.75) is 115 Å². The predicted molar refractivity (Wildman–Crippen MR) is 243 cm³/mol. The molecule has 4 heteroatoms. The van der Waals surface area contributed by atoms with Crippen LogP contribution in [0.5, 0.6) is 0 Å². The van der Waals surface area contributed by atoms with E-state index in [-0.39, 0.29) is 21.9 Å². The molecule has 4 aliphatic rings. The summed E-state index contributed by atoms with van der Waals surface area (Å²) < 4.78 is 0. The maximum absolute atomic E-state index is 4.58. The van der Waals surface area contributed by atoms with Crippen LogP contribution in [0.3, 0.4) is 0 Å². The van der Waals surface area contributed by atoms with E-state index >= 15 is 0 Å². The van der Waals surface area contributed by atoms with Gasteiger partial charge in [-0.2, -0.15) is 0 Å². The highest BCUT2D eigenvalue weighted by molar-refractivity contribution is 6.21. The van der Waals surface area contributed by atoms with Gasteiger partial charge in [-0.15, -0.1) is 0 Å². The average molecular weight is 759 g/mol. The van der Waals surface area contributed by atoms with E-state index in [0.717, 1.165) is 11.4 Å². The summed E-state index contributed by atoms with van der Waals surface area (Å²) in [6.07, 6.45) is 13.7. The predicted octanol–water partition coefficient (Wildman–Crippen LogP) is 14.2. The van der Waals surface area contributed by atoms with Gasteiger partial charge in [-0.3, -0.25) is 9.97 Å². The van der Waals surface area contributed by atoms with Crippen molar-refractivity contribution in [2.75, 3.05) is 9.80 Å². The first kappa shape index (κ1) is 35.7. The molecule has 5 aromatic carbocycles. The Balaban J connectivity index is 1.12. The molecule has 0 radical (unpaired) electrons. The number of benzene rings is 5. The SMILES string of the molecule is Cc1cc(N2c3ccc(-c4c5ccccc5c(-c5ccc6c(c5)C5(C)CCCCC5(C)N6c5ccnc(C)c5)c5ccccc45)cc3C3(C)CCCCC23C)ccn1. The van der Waals surface area contributed by atoms with Gasteiger partial charge in [0, 0.05) is 57.4 Å². The normalized spacial score (nSPS) is 26.1. The molecule has 2 aliphatic carbocycles. The number of aromatic nitrogens is 2. The van der Waals surface area contributed by atoms with Crippen LogP contribution in [0.25, 0.3) is 43.8 Å². The van der Waals surface area contributed by atoms with E-state index in [1.54, 1.807) is 0 Å². The molecule has 0 bridgehead atoms. The van der Waals surface area contributed by atoms with Crippen molar-refractivity contribution in [1.82, 2.24) is 9.97 Å². The van der Waals surface area contributed by atoms with Gasteiger partial charge in [0.15, 0.2) is 0 Å². The molecule has 0 saturated heterocycles. The molecule has 0 spiro atoms. The molecule has 4 unspecified atom stereocenters. The van der Waals surface area contributed by atoms with Crippen molar-refractivity contribution < 1.29 is 0 Å². The van der Waals surface area contributed by atoms with Crippen LogP contribution in [-0.4, -0.2) is 21.0 Å². The zero-order valence-electron chi connectivity index (χ0n) is 35.0. The third-order valence-electron chi connectivity index (χ3n) is 16.0. The number of anilines is 4. The lowest BCUT2D eigenvalue weighted by molar-refractivity contribution is 0.195. The fraction of sp³-hybridized carbons (Fsp3) is 0.333. The lowest BCUT2D eigenvalue weighted by Crippen LogP contribution is -2.54. The largest absolute Gasteiger partial charge is 0.334 e. The van der Waals surface area contributed by atoms with Crippen LogP contribution in [-0.2, 0) is 10.8 Å². The van der Waals surface area contributed by atoms with Crippen molar-refractivity contribution in [3.63, 3.8) is 0 Å². The summed E-state index contributed by atoms with van der Waals surface area (Å²) >= 11 is 0. The zero-order valence-corrected chi connectivity index (χ0v) is 35.0. The monoisotopic (exact) mass is 758 g/mol. The van der Waals surface area contributed by atoms with Crippen molar-refractivity contribution in [1.29, 1.82) is 0 Å². The molecule has 4 heterocycles. The molecule has 0 amide bonds. The molecule has 2 fully saturated rings. The summed E-state index contributed by atoms with van der Waals surface area (Å²) in [6.45, 7) is 14.4. The second-order valence-corrected chi connectivity index (χ2v) is 18.9. The lowest BCUT2D eigenvalue weighted by atomic mass is 9.61. The fourth-order valence-electron chi connectivity index (χ4n) is 12.7. The van der Waals surface area contributed by atoms with Gasteiger partial charge >= 0.3 is 0 Å². The molecule has 2 saturated carbocycles. The van der Waals surface area contributed by atoms with Gasteiger partial charge in [0.1, 0.15) is 0 Å². The van der Waals surface area contributed by atoms with E-state index in [4.69, 9.17) is 0 Å². The van der Waals surface area contributed by atoms with Crippen molar-refractivity contribution in [3.8, 4) is 22.3 Å². The minimum Gasteiger partial charge on any atom is -0.334 e. The van der Waals surface area contributed by atoms with Crippen LogP contribution >= 0.6 is 0 Å². The number of pyridine rings is 2. The molecule has 2 aromatic heterocycles. The highest BCUT2D eigenvalue weighted by Gasteiger charge is 2.59. The smallest absolute Gasteiger partial charge is 0.0517 e. The Bertz CT molecular complexity index is 2570. The summed E-state index contributed by atoms with van der Waals surface area (Å²) in [5.41, 5.74) is 15.6. The van der Waals surface area contributed by atoms with E-state index in [1.165, 1.54) is 129 Å². The Kier molecular flexibility index (Phi) is 7.69. The molecule has 4 nitrogen and oxygen atoms in total. The highest BCUT2D eigenvalue weighted by atomic mass is 15.3. The van der Waals surface area contributed by atoms with Crippen LogP contribution in [0.1, 0.15) is 102 Å². The maximum atomic E-state index is 4.58. The number of hydrogen-bond donors (Lipinski definition) is 0. The Hall–Kier alpha value is -5.48. The molecule has 58 heavy (non-hydrogen) atoms. The highest BCUT2D eigenvalue weighted by Crippen LogP contribution is 2.63. The van der Waals surface area contributed by atoms with Gasteiger partial charge in [-0.05, 0) is 157 Å². The first-order chi connectivity index (χ1) is 28.1. The van der Waals surface area contributed by atoms with E-state index in [0.29, 0.717) is 0 Å². The van der Waals surface area contributed by atoms with Crippen LogP contribution in [0.2, 0.25) is 0 Å². The van der Waals surface area contributed by atoms with Gasteiger partial charge < -0.3 is 9.80 Å². The summed E-state index contributed by atoms with van der Waals surface area (Å²) in [4.78, 5) is 14.5. The van der Waals surface area contributed by atoms with Gasteiger partial charge in [-0.25, -0.2) is 0 Å². The van der Waals surface area contributed by atoms with Gasteiger partial charge in [0.05, 0.1) is 11.1 Å². The molecule has 11 rings (SSSR count). The lowest BCUT2D eigenvalue weighted by Gasteiger charge is -2.50. The first-order valence-electron chi connectivity index (χ1n) is 21.7. The molecular formula is C54H54N4. The van der Waals surface area contributed by atoms with E-state index < -0.39 is 0 Å². The quantitative estimate of drug-likeness (QED) is 0.167. The second-order valence-electron chi connectivity index (χ2n) is 18.9. The second kappa shape index (κ2) is 12.5. The summed E-state index contributed by atoms with van der Waals surface area (Å²) in [6, 6.07) is 42.2. The van der Waals surface area contributed by atoms with Crippen LogP contribution in [0.4, 0.5) is 22.7 Å². The van der Waals surface area contributed by atoms with Gasteiger partial charge in [-0.1, -0.05) is 100 Å². The van der Waals surface area contributed by atoms with E-state index in [1.807, 2.05) is 12.4 Å². The summed E-state index contributed by atoms with van der Waals surface area (Å²) in [7, 11) is 0. The Morgan fingerprint density at radius 2 is 0.828 bits per heavy atom. The Morgan fingerprint density at radius 3 is 1.21 bits per heavy atom. The molecular weight excluding hydrogens is 705 g/mol. The standard InChI is InChI=1S/C54H54N4/c1-35-31-39(23-29-55-35)57-47-21-19-37(33-45(47)51(3)25-11-13-27-53(51,57)5)49-41-15-7-9-17-43(41)50(44-18-10-8-16-42(44)49)38-20-22-48-46(34-38)52(4)26-12-14-28-54(52,6)58(48)40-24-30-56-36(2)32-40/h7-10,15-24,29-34H,11-14,25-28H2,1-6H3. The number of aryl methyl sites for hydroxylation is 2. The molecule has 0 N–H and O–H groups in total. The number of hydrogen-bond acceptors (Lipinski definition) is 4. The minimum absolute atomic E-state index is 0.0155. The van der Waals surface area contributed by atoms with Crippen molar-refractivity contribution >= 4 is 44.3 Å². The third kappa shape index (κ3) is 4.69. The molecule has 4 atom stereocenters. The number of rotatable bonds is 4. The van der Waals surface area contributed by atoms with E-state index in [2.05, 4.69) is 171 Å². The summed E-state index contributed by atoms with van der Waals surface area (Å²) in [5, 5.41) is 5.26. The fourth-order valence-corrected chi connectivity index (χ4v) is 12.7. The van der Waals surface area contributed by atoms with E-state index in [9.17, 15) is 0 Å². The Morgan fingerprint density at radius 1 is 0.448 bits per heavy atom.